The first-order valence-electron chi connectivity index (χ1n) is 7.36. The van der Waals surface area contributed by atoms with Crippen LogP contribution in [0.15, 0.2) is 41.3 Å². The number of benzene rings is 1. The molecule has 0 aliphatic heterocycles. The Labute approximate surface area is 142 Å². The molecule has 1 aromatic heterocycles. The molecule has 0 saturated carbocycles. The van der Waals surface area contributed by atoms with E-state index < -0.39 is 5.97 Å². The highest BCUT2D eigenvalue weighted by Gasteiger charge is 2.09. The van der Waals surface area contributed by atoms with Crippen LogP contribution in [0.4, 0.5) is 0 Å². The van der Waals surface area contributed by atoms with Crippen LogP contribution in [0.2, 0.25) is 0 Å². The molecule has 122 valence electrons. The van der Waals surface area contributed by atoms with E-state index in [1.807, 2.05) is 24.3 Å². The standard InChI is InChI=1S/C16H18BrN3O3/c17-12-5-7-13(8-6-12)20-10-14(19-11-20)16(23)18-9-3-1-2-4-15(21)22/h5-8,10-11H,1-4,9H2,(H,18,23)(H,21,22). The third kappa shape index (κ3) is 5.52. The van der Waals surface area contributed by atoms with Crippen LogP contribution in [0, 0.1) is 0 Å². The molecule has 2 aromatic rings. The predicted octanol–water partition coefficient (Wildman–Crippen LogP) is 3.01. The van der Waals surface area contributed by atoms with Gasteiger partial charge in [0.1, 0.15) is 12.0 Å². The van der Waals surface area contributed by atoms with Gasteiger partial charge in [0.2, 0.25) is 0 Å². The van der Waals surface area contributed by atoms with Gasteiger partial charge in [-0.25, -0.2) is 4.98 Å². The smallest absolute Gasteiger partial charge is 0.303 e. The molecule has 0 radical (unpaired) electrons. The van der Waals surface area contributed by atoms with Crippen LogP contribution in [0.25, 0.3) is 5.69 Å². The molecule has 7 heteroatoms. The van der Waals surface area contributed by atoms with Crippen molar-refractivity contribution in [2.45, 2.75) is 25.7 Å². The van der Waals surface area contributed by atoms with Crippen LogP contribution in [0.5, 0.6) is 0 Å². The summed E-state index contributed by atoms with van der Waals surface area (Å²) in [5, 5.41) is 11.3. The lowest BCUT2D eigenvalue weighted by Gasteiger charge is -2.03. The molecule has 0 atom stereocenters. The minimum Gasteiger partial charge on any atom is -0.481 e. The Morgan fingerprint density at radius 1 is 1.17 bits per heavy atom. The van der Waals surface area contributed by atoms with E-state index >= 15 is 0 Å². The van der Waals surface area contributed by atoms with E-state index in [1.54, 1.807) is 17.1 Å². The number of carboxylic acids is 1. The Morgan fingerprint density at radius 2 is 1.91 bits per heavy atom. The maximum absolute atomic E-state index is 12.0. The number of rotatable bonds is 8. The fourth-order valence-corrected chi connectivity index (χ4v) is 2.33. The van der Waals surface area contributed by atoms with E-state index in [9.17, 15) is 9.59 Å². The van der Waals surface area contributed by atoms with Gasteiger partial charge in [-0.15, -0.1) is 0 Å². The number of carbonyl (C=O) groups is 2. The molecule has 1 aromatic carbocycles. The summed E-state index contributed by atoms with van der Waals surface area (Å²) in [6.07, 6.45) is 5.62. The van der Waals surface area contributed by atoms with Crippen molar-refractivity contribution in [3.63, 3.8) is 0 Å². The molecular weight excluding hydrogens is 362 g/mol. The van der Waals surface area contributed by atoms with Crippen molar-refractivity contribution in [3.05, 3.63) is 47.0 Å². The monoisotopic (exact) mass is 379 g/mol. The number of carboxylic acid groups (broad SMARTS) is 1. The zero-order valence-electron chi connectivity index (χ0n) is 12.5. The molecule has 0 aliphatic rings. The minimum absolute atomic E-state index is 0.172. The van der Waals surface area contributed by atoms with E-state index in [0.717, 1.165) is 23.0 Å². The van der Waals surface area contributed by atoms with Gasteiger partial charge in [0.05, 0.1) is 0 Å². The van der Waals surface area contributed by atoms with Gasteiger partial charge < -0.3 is 15.0 Å². The summed E-state index contributed by atoms with van der Waals surface area (Å²) < 4.78 is 2.77. The summed E-state index contributed by atoms with van der Waals surface area (Å²) in [5.41, 5.74) is 1.28. The number of imidazole rings is 1. The largest absolute Gasteiger partial charge is 0.481 e. The van der Waals surface area contributed by atoms with Gasteiger partial charge in [-0.05, 0) is 37.1 Å². The minimum atomic E-state index is -0.785. The zero-order valence-corrected chi connectivity index (χ0v) is 14.1. The van der Waals surface area contributed by atoms with Crippen molar-refractivity contribution < 1.29 is 14.7 Å². The molecule has 0 bridgehead atoms. The van der Waals surface area contributed by atoms with E-state index in [0.29, 0.717) is 18.7 Å². The highest BCUT2D eigenvalue weighted by molar-refractivity contribution is 9.10. The number of nitrogens with one attached hydrogen (secondary N) is 1. The zero-order chi connectivity index (χ0) is 16.7. The summed E-state index contributed by atoms with van der Waals surface area (Å²) >= 11 is 3.38. The van der Waals surface area contributed by atoms with Crippen molar-refractivity contribution in [2.24, 2.45) is 0 Å². The first kappa shape index (κ1) is 17.2. The average molecular weight is 380 g/mol. The van der Waals surface area contributed by atoms with Crippen molar-refractivity contribution in [1.82, 2.24) is 14.9 Å². The normalized spacial score (nSPS) is 10.5. The summed E-state index contributed by atoms with van der Waals surface area (Å²) in [6.45, 7) is 0.517. The lowest BCUT2D eigenvalue weighted by molar-refractivity contribution is -0.137. The lowest BCUT2D eigenvalue weighted by atomic mass is 10.2. The Balaban J connectivity index is 1.79. The van der Waals surface area contributed by atoms with Crippen LogP contribution in [0.1, 0.15) is 36.2 Å². The third-order valence-corrected chi connectivity index (χ3v) is 3.82. The molecule has 0 fully saturated rings. The van der Waals surface area contributed by atoms with Gasteiger partial charge in [-0.1, -0.05) is 22.4 Å². The molecule has 0 aliphatic carbocycles. The average Bonchev–Trinajstić information content (AvgIpc) is 3.01. The molecule has 6 nitrogen and oxygen atoms in total. The molecule has 1 heterocycles. The van der Waals surface area contributed by atoms with Crippen molar-refractivity contribution in [2.75, 3.05) is 6.54 Å². The second-order valence-corrected chi connectivity index (χ2v) is 6.02. The van der Waals surface area contributed by atoms with Crippen LogP contribution in [-0.4, -0.2) is 33.1 Å². The molecule has 0 saturated heterocycles. The maximum atomic E-state index is 12.0. The summed E-state index contributed by atoms with van der Waals surface area (Å²) in [6, 6.07) is 7.70. The van der Waals surface area contributed by atoms with Crippen molar-refractivity contribution in [3.8, 4) is 5.69 Å². The molecule has 0 unspecified atom stereocenters. The third-order valence-electron chi connectivity index (χ3n) is 3.29. The van der Waals surface area contributed by atoms with Gasteiger partial charge in [0.15, 0.2) is 0 Å². The molecular formula is C16H18BrN3O3. The number of hydrogen-bond donors (Lipinski definition) is 2. The van der Waals surface area contributed by atoms with Crippen LogP contribution in [-0.2, 0) is 4.79 Å². The second kappa shape index (κ2) is 8.47. The number of carbonyl (C=O) groups excluding carboxylic acids is 1. The molecule has 23 heavy (non-hydrogen) atoms. The number of nitrogens with zero attached hydrogens (tertiary/aromatic N) is 2. The van der Waals surface area contributed by atoms with Gasteiger partial charge in [-0.3, -0.25) is 9.59 Å². The number of aliphatic carboxylic acids is 1. The molecule has 2 rings (SSSR count). The fraction of sp³-hybridized carbons (Fsp3) is 0.312. The van der Waals surface area contributed by atoms with Crippen LogP contribution >= 0.6 is 15.9 Å². The van der Waals surface area contributed by atoms with Crippen LogP contribution in [0.3, 0.4) is 0 Å². The molecule has 0 spiro atoms. The summed E-state index contributed by atoms with van der Waals surface area (Å²) in [5.74, 6) is -1.01. The number of unbranched alkanes of at least 4 members (excludes halogenated alkanes) is 2. The highest BCUT2D eigenvalue weighted by Crippen LogP contribution is 2.14. The quantitative estimate of drug-likeness (QED) is 0.690. The predicted molar refractivity (Wildman–Crippen MR) is 89.7 cm³/mol. The highest BCUT2D eigenvalue weighted by atomic mass is 79.9. The first-order valence-corrected chi connectivity index (χ1v) is 8.15. The van der Waals surface area contributed by atoms with E-state index in [4.69, 9.17) is 5.11 Å². The lowest BCUT2D eigenvalue weighted by Crippen LogP contribution is -2.24. The van der Waals surface area contributed by atoms with E-state index in [1.165, 1.54) is 0 Å². The van der Waals surface area contributed by atoms with Gasteiger partial charge in [0.25, 0.3) is 5.91 Å². The SMILES string of the molecule is O=C(O)CCCCCNC(=O)c1cn(-c2ccc(Br)cc2)cn1. The molecule has 2 N–H and O–H groups in total. The Hall–Kier alpha value is -2.15. The maximum Gasteiger partial charge on any atom is 0.303 e. The number of aromatic nitrogens is 2. The van der Waals surface area contributed by atoms with Crippen LogP contribution < -0.4 is 5.32 Å². The van der Waals surface area contributed by atoms with Crippen molar-refractivity contribution >= 4 is 27.8 Å². The topological polar surface area (TPSA) is 84.2 Å². The Morgan fingerprint density at radius 3 is 2.61 bits per heavy atom. The first-order chi connectivity index (χ1) is 11.1. The van der Waals surface area contributed by atoms with Gasteiger partial charge in [-0.2, -0.15) is 0 Å². The van der Waals surface area contributed by atoms with Gasteiger partial charge >= 0.3 is 5.97 Å². The number of halogens is 1. The second-order valence-electron chi connectivity index (χ2n) is 5.10. The summed E-state index contributed by atoms with van der Waals surface area (Å²) in [7, 11) is 0. The van der Waals surface area contributed by atoms with E-state index in [2.05, 4.69) is 26.2 Å². The number of amides is 1. The summed E-state index contributed by atoms with van der Waals surface area (Å²) in [4.78, 5) is 26.5. The molecule has 1 amide bonds. The van der Waals surface area contributed by atoms with Crippen molar-refractivity contribution in [1.29, 1.82) is 0 Å². The number of hydrogen-bond acceptors (Lipinski definition) is 3. The van der Waals surface area contributed by atoms with E-state index in [-0.39, 0.29) is 12.3 Å². The Kier molecular flexibility index (Phi) is 6.34. The Bertz CT molecular complexity index is 667. The fourth-order valence-electron chi connectivity index (χ4n) is 2.06. The van der Waals surface area contributed by atoms with Gasteiger partial charge in [0, 0.05) is 29.3 Å².